The number of piperazine rings is 1. The Hall–Kier alpha value is -2.58. The Morgan fingerprint density at radius 1 is 1.11 bits per heavy atom. The molecule has 2 aromatic rings. The summed E-state index contributed by atoms with van der Waals surface area (Å²) in [7, 11) is 1.59. The number of carbonyl (C=O) groups is 2. The Kier molecular flexibility index (Phi) is 7.27. The lowest BCUT2D eigenvalue weighted by atomic mass is 10.3. The minimum absolute atomic E-state index is 0.0179. The summed E-state index contributed by atoms with van der Waals surface area (Å²) in [5.41, 5.74) is 0. The highest BCUT2D eigenvalue weighted by Gasteiger charge is 2.21. The van der Waals surface area contributed by atoms with Gasteiger partial charge in [0.2, 0.25) is 0 Å². The van der Waals surface area contributed by atoms with Crippen LogP contribution in [0.5, 0.6) is 11.5 Å². The number of benzene rings is 1. The third-order valence-corrected chi connectivity index (χ3v) is 5.46. The zero-order valence-electron chi connectivity index (χ0n) is 15.9. The van der Waals surface area contributed by atoms with Gasteiger partial charge in [0.05, 0.1) is 12.0 Å². The highest BCUT2D eigenvalue weighted by atomic mass is 32.1. The molecule has 1 aromatic carbocycles. The van der Waals surface area contributed by atoms with Gasteiger partial charge in [-0.2, -0.15) is 0 Å². The standard InChI is InChI=1S/C20H25N3O4S/c1-26-16-4-2-5-17(14-16)27-15-19(24)23-11-9-22(10-12-23)8-7-21-20(25)18-6-3-13-28-18/h2-6,13-14H,7-12,15H2,1H3,(H,21,25). The summed E-state index contributed by atoms with van der Waals surface area (Å²) in [6, 6.07) is 10.9. The van der Waals surface area contributed by atoms with Crippen LogP contribution >= 0.6 is 11.3 Å². The molecule has 8 heteroatoms. The molecule has 0 atom stereocenters. The van der Waals surface area contributed by atoms with Crippen LogP contribution in [0.2, 0.25) is 0 Å². The van der Waals surface area contributed by atoms with Crippen LogP contribution in [0, 0.1) is 0 Å². The van der Waals surface area contributed by atoms with E-state index in [4.69, 9.17) is 9.47 Å². The third kappa shape index (κ3) is 5.71. The summed E-state index contributed by atoms with van der Waals surface area (Å²) in [5.74, 6) is 1.27. The molecule has 1 saturated heterocycles. The molecule has 28 heavy (non-hydrogen) atoms. The van der Waals surface area contributed by atoms with Crippen LogP contribution in [0.1, 0.15) is 9.67 Å². The van der Waals surface area contributed by atoms with E-state index >= 15 is 0 Å². The Bertz CT molecular complexity index is 774. The lowest BCUT2D eigenvalue weighted by molar-refractivity contribution is -0.135. The van der Waals surface area contributed by atoms with Crippen molar-refractivity contribution < 1.29 is 19.1 Å². The first-order valence-corrected chi connectivity index (χ1v) is 10.1. The molecule has 3 rings (SSSR count). The van der Waals surface area contributed by atoms with Gasteiger partial charge in [-0.15, -0.1) is 11.3 Å². The van der Waals surface area contributed by atoms with E-state index in [0.29, 0.717) is 31.1 Å². The van der Waals surface area contributed by atoms with E-state index in [9.17, 15) is 9.59 Å². The molecule has 0 spiro atoms. The predicted octanol–water partition coefficient (Wildman–Crippen LogP) is 1.71. The highest BCUT2D eigenvalue weighted by molar-refractivity contribution is 7.12. The molecular formula is C20H25N3O4S. The van der Waals surface area contributed by atoms with Crippen molar-refractivity contribution in [2.75, 3.05) is 53.0 Å². The number of hydrogen-bond donors (Lipinski definition) is 1. The molecule has 0 aliphatic carbocycles. The quantitative estimate of drug-likeness (QED) is 0.727. The number of carbonyl (C=O) groups excluding carboxylic acids is 2. The lowest BCUT2D eigenvalue weighted by Crippen LogP contribution is -2.51. The topological polar surface area (TPSA) is 71.1 Å². The fraction of sp³-hybridized carbons (Fsp3) is 0.400. The van der Waals surface area contributed by atoms with Gasteiger partial charge in [-0.05, 0) is 23.6 Å². The average Bonchev–Trinajstić information content (AvgIpc) is 3.27. The van der Waals surface area contributed by atoms with Crippen molar-refractivity contribution in [1.82, 2.24) is 15.1 Å². The van der Waals surface area contributed by atoms with Crippen LogP contribution in [-0.2, 0) is 4.79 Å². The van der Waals surface area contributed by atoms with Gasteiger partial charge < -0.3 is 19.7 Å². The van der Waals surface area contributed by atoms with E-state index < -0.39 is 0 Å². The number of methoxy groups -OCH3 is 1. The first-order valence-electron chi connectivity index (χ1n) is 9.24. The number of amides is 2. The molecule has 1 N–H and O–H groups in total. The van der Waals surface area contributed by atoms with E-state index in [1.165, 1.54) is 11.3 Å². The van der Waals surface area contributed by atoms with Gasteiger partial charge in [-0.1, -0.05) is 12.1 Å². The van der Waals surface area contributed by atoms with E-state index in [1.54, 1.807) is 19.2 Å². The maximum atomic E-state index is 12.4. The van der Waals surface area contributed by atoms with Crippen molar-refractivity contribution in [2.24, 2.45) is 0 Å². The Balaban J connectivity index is 1.34. The number of nitrogens with one attached hydrogen (secondary N) is 1. The summed E-state index contributed by atoms with van der Waals surface area (Å²) >= 11 is 1.44. The van der Waals surface area contributed by atoms with Crippen LogP contribution in [0.15, 0.2) is 41.8 Å². The Morgan fingerprint density at radius 2 is 1.89 bits per heavy atom. The second kappa shape index (κ2) is 10.1. The van der Waals surface area contributed by atoms with E-state index in [-0.39, 0.29) is 18.4 Å². The van der Waals surface area contributed by atoms with E-state index in [1.807, 2.05) is 34.5 Å². The molecule has 150 valence electrons. The second-order valence-corrected chi connectivity index (χ2v) is 7.37. The molecule has 2 heterocycles. The fourth-order valence-electron chi connectivity index (χ4n) is 2.97. The maximum Gasteiger partial charge on any atom is 0.261 e. The van der Waals surface area contributed by atoms with Gasteiger partial charge in [0, 0.05) is 45.3 Å². The van der Waals surface area contributed by atoms with Gasteiger partial charge in [0.1, 0.15) is 11.5 Å². The lowest BCUT2D eigenvalue weighted by Gasteiger charge is -2.34. The van der Waals surface area contributed by atoms with Gasteiger partial charge in [0.25, 0.3) is 11.8 Å². The van der Waals surface area contributed by atoms with Gasteiger partial charge in [0.15, 0.2) is 6.61 Å². The van der Waals surface area contributed by atoms with Crippen LogP contribution in [0.4, 0.5) is 0 Å². The van der Waals surface area contributed by atoms with Crippen molar-refractivity contribution in [3.63, 3.8) is 0 Å². The van der Waals surface area contributed by atoms with Crippen molar-refractivity contribution in [3.05, 3.63) is 46.7 Å². The summed E-state index contributed by atoms with van der Waals surface area (Å²) in [6.45, 7) is 4.31. The largest absolute Gasteiger partial charge is 0.497 e. The number of rotatable bonds is 8. The maximum absolute atomic E-state index is 12.4. The zero-order valence-corrected chi connectivity index (χ0v) is 16.7. The molecule has 1 aromatic heterocycles. The molecule has 0 radical (unpaired) electrons. The minimum Gasteiger partial charge on any atom is -0.497 e. The van der Waals surface area contributed by atoms with Crippen LogP contribution in [-0.4, -0.2) is 74.6 Å². The van der Waals surface area contributed by atoms with E-state index in [0.717, 1.165) is 24.5 Å². The van der Waals surface area contributed by atoms with Gasteiger partial charge in [-0.25, -0.2) is 0 Å². The van der Waals surface area contributed by atoms with E-state index in [2.05, 4.69) is 10.2 Å². The molecule has 1 aliphatic heterocycles. The minimum atomic E-state index is -0.0292. The molecule has 1 aliphatic rings. The zero-order chi connectivity index (χ0) is 19.8. The smallest absolute Gasteiger partial charge is 0.261 e. The molecular weight excluding hydrogens is 378 g/mol. The molecule has 7 nitrogen and oxygen atoms in total. The molecule has 2 amide bonds. The Labute approximate surface area is 168 Å². The summed E-state index contributed by atoms with van der Waals surface area (Å²) < 4.78 is 10.7. The van der Waals surface area contributed by atoms with Crippen molar-refractivity contribution in [3.8, 4) is 11.5 Å². The average molecular weight is 404 g/mol. The predicted molar refractivity (Wildman–Crippen MR) is 108 cm³/mol. The first kappa shape index (κ1) is 20.2. The number of ether oxygens (including phenoxy) is 2. The monoisotopic (exact) mass is 403 g/mol. The molecule has 1 fully saturated rings. The van der Waals surface area contributed by atoms with Crippen molar-refractivity contribution >= 4 is 23.2 Å². The fourth-order valence-corrected chi connectivity index (χ4v) is 3.61. The van der Waals surface area contributed by atoms with Gasteiger partial charge in [-0.3, -0.25) is 14.5 Å². The van der Waals surface area contributed by atoms with Crippen LogP contribution in [0.25, 0.3) is 0 Å². The third-order valence-electron chi connectivity index (χ3n) is 4.59. The van der Waals surface area contributed by atoms with Crippen LogP contribution in [0.3, 0.4) is 0 Å². The number of nitrogens with zero attached hydrogens (tertiary/aromatic N) is 2. The van der Waals surface area contributed by atoms with Crippen molar-refractivity contribution in [1.29, 1.82) is 0 Å². The normalized spacial score (nSPS) is 14.5. The SMILES string of the molecule is COc1cccc(OCC(=O)N2CCN(CCNC(=O)c3cccs3)CC2)c1. The molecule has 0 bridgehead atoms. The summed E-state index contributed by atoms with van der Waals surface area (Å²) in [4.78, 5) is 29.1. The first-order chi connectivity index (χ1) is 13.7. The van der Waals surface area contributed by atoms with Crippen molar-refractivity contribution in [2.45, 2.75) is 0 Å². The second-order valence-electron chi connectivity index (χ2n) is 6.42. The van der Waals surface area contributed by atoms with Crippen LogP contribution < -0.4 is 14.8 Å². The van der Waals surface area contributed by atoms with Gasteiger partial charge >= 0.3 is 0 Å². The number of thiophene rings is 1. The Morgan fingerprint density at radius 3 is 2.61 bits per heavy atom. The molecule has 0 saturated carbocycles. The summed E-state index contributed by atoms with van der Waals surface area (Å²) in [6.07, 6.45) is 0. The highest BCUT2D eigenvalue weighted by Crippen LogP contribution is 2.18. The molecule has 0 unspecified atom stereocenters. The number of hydrogen-bond acceptors (Lipinski definition) is 6. The summed E-state index contributed by atoms with van der Waals surface area (Å²) in [5, 5.41) is 4.83.